The van der Waals surface area contributed by atoms with Gasteiger partial charge in [0, 0.05) is 24.1 Å². The maximum absolute atomic E-state index is 4.80. The maximum atomic E-state index is 4.80. The van der Waals surface area contributed by atoms with Crippen LogP contribution in [0.2, 0.25) is 0 Å². The summed E-state index contributed by atoms with van der Waals surface area (Å²) in [7, 11) is 0. The molecule has 1 aliphatic rings. The van der Waals surface area contributed by atoms with Gasteiger partial charge in [-0.25, -0.2) is 9.97 Å². The van der Waals surface area contributed by atoms with E-state index in [4.69, 9.17) is 4.98 Å². The lowest BCUT2D eigenvalue weighted by Gasteiger charge is -2.09. The van der Waals surface area contributed by atoms with Gasteiger partial charge in [-0.3, -0.25) is 0 Å². The Balaban J connectivity index is 1.97. The van der Waals surface area contributed by atoms with E-state index < -0.39 is 0 Å². The van der Waals surface area contributed by atoms with Crippen molar-refractivity contribution in [1.29, 1.82) is 0 Å². The summed E-state index contributed by atoms with van der Waals surface area (Å²) in [6.45, 7) is 5.20. The Kier molecular flexibility index (Phi) is 4.18. The van der Waals surface area contributed by atoms with E-state index in [-0.39, 0.29) is 0 Å². The molecule has 3 heteroatoms. The molecule has 1 aromatic heterocycles. The molecule has 1 heterocycles. The fourth-order valence-electron chi connectivity index (χ4n) is 2.58. The van der Waals surface area contributed by atoms with E-state index in [0.717, 1.165) is 30.3 Å². The third-order valence-electron chi connectivity index (χ3n) is 3.81. The SMILES string of the molecule is CCCc1cccc(-c2cc(NCC)nc(C3CC3)n2)c1. The molecule has 2 aromatic rings. The van der Waals surface area contributed by atoms with Gasteiger partial charge in [0.15, 0.2) is 0 Å². The van der Waals surface area contributed by atoms with Gasteiger partial charge in [-0.1, -0.05) is 31.5 Å². The molecule has 1 fully saturated rings. The molecular formula is C18H23N3. The van der Waals surface area contributed by atoms with E-state index >= 15 is 0 Å². The second kappa shape index (κ2) is 6.25. The summed E-state index contributed by atoms with van der Waals surface area (Å²) >= 11 is 0. The lowest BCUT2D eigenvalue weighted by molar-refractivity contribution is 0.918. The highest BCUT2D eigenvalue weighted by molar-refractivity contribution is 5.63. The van der Waals surface area contributed by atoms with E-state index in [1.807, 2.05) is 0 Å². The van der Waals surface area contributed by atoms with Gasteiger partial charge in [0.25, 0.3) is 0 Å². The van der Waals surface area contributed by atoms with Crippen molar-refractivity contribution in [2.75, 3.05) is 11.9 Å². The highest BCUT2D eigenvalue weighted by Gasteiger charge is 2.27. The monoisotopic (exact) mass is 281 g/mol. The molecule has 0 radical (unpaired) electrons. The Labute approximate surface area is 126 Å². The molecule has 0 atom stereocenters. The van der Waals surface area contributed by atoms with E-state index in [0.29, 0.717) is 5.92 Å². The van der Waals surface area contributed by atoms with Crippen molar-refractivity contribution in [3.8, 4) is 11.3 Å². The Morgan fingerprint density at radius 3 is 2.71 bits per heavy atom. The summed E-state index contributed by atoms with van der Waals surface area (Å²) in [5.41, 5.74) is 3.62. The van der Waals surface area contributed by atoms with Crippen LogP contribution in [0.1, 0.15) is 50.4 Å². The molecule has 3 rings (SSSR count). The summed E-state index contributed by atoms with van der Waals surface area (Å²) in [6, 6.07) is 10.8. The average Bonchev–Trinajstić information content (AvgIpc) is 3.33. The van der Waals surface area contributed by atoms with E-state index in [9.17, 15) is 0 Å². The topological polar surface area (TPSA) is 37.8 Å². The number of nitrogens with zero attached hydrogens (tertiary/aromatic N) is 2. The van der Waals surface area contributed by atoms with Crippen LogP contribution in [0.5, 0.6) is 0 Å². The van der Waals surface area contributed by atoms with Crippen molar-refractivity contribution in [2.24, 2.45) is 0 Å². The van der Waals surface area contributed by atoms with Crippen LogP contribution < -0.4 is 5.32 Å². The van der Waals surface area contributed by atoms with Crippen LogP contribution in [0, 0.1) is 0 Å². The minimum absolute atomic E-state index is 0.571. The number of aryl methyl sites for hydroxylation is 1. The standard InChI is InChI=1S/C18H23N3/c1-3-6-13-7-5-8-15(11-13)16-12-17(19-4-2)21-18(20-16)14-9-10-14/h5,7-8,11-12,14H,3-4,6,9-10H2,1-2H3,(H,19,20,21). The third kappa shape index (κ3) is 3.41. The van der Waals surface area contributed by atoms with Crippen LogP contribution in [0.4, 0.5) is 5.82 Å². The molecular weight excluding hydrogens is 258 g/mol. The highest BCUT2D eigenvalue weighted by Crippen LogP contribution is 2.39. The number of nitrogens with one attached hydrogen (secondary N) is 1. The Hall–Kier alpha value is -1.90. The molecule has 110 valence electrons. The van der Waals surface area contributed by atoms with Gasteiger partial charge < -0.3 is 5.32 Å². The van der Waals surface area contributed by atoms with Crippen LogP contribution >= 0.6 is 0 Å². The first kappa shape index (κ1) is 14.1. The first-order chi connectivity index (χ1) is 10.3. The summed E-state index contributed by atoms with van der Waals surface area (Å²) < 4.78 is 0. The summed E-state index contributed by atoms with van der Waals surface area (Å²) in [5, 5.41) is 3.33. The normalized spacial score (nSPS) is 14.2. The second-order valence-electron chi connectivity index (χ2n) is 5.75. The van der Waals surface area contributed by atoms with Crippen LogP contribution in [-0.4, -0.2) is 16.5 Å². The largest absolute Gasteiger partial charge is 0.370 e. The van der Waals surface area contributed by atoms with Crippen LogP contribution in [-0.2, 0) is 6.42 Å². The van der Waals surface area contributed by atoms with Gasteiger partial charge in [-0.05, 0) is 37.8 Å². The first-order valence-corrected chi connectivity index (χ1v) is 8.02. The predicted octanol–water partition coefficient (Wildman–Crippen LogP) is 4.41. The van der Waals surface area contributed by atoms with Gasteiger partial charge in [-0.15, -0.1) is 0 Å². The number of rotatable bonds is 6. The number of aromatic nitrogens is 2. The van der Waals surface area contributed by atoms with E-state index in [2.05, 4.69) is 54.5 Å². The second-order valence-corrected chi connectivity index (χ2v) is 5.75. The van der Waals surface area contributed by atoms with E-state index in [1.165, 1.54) is 30.4 Å². The van der Waals surface area contributed by atoms with Crippen LogP contribution in [0.3, 0.4) is 0 Å². The zero-order valence-corrected chi connectivity index (χ0v) is 12.9. The van der Waals surface area contributed by atoms with Gasteiger partial charge in [0.2, 0.25) is 0 Å². The van der Waals surface area contributed by atoms with Crippen molar-refractivity contribution in [3.63, 3.8) is 0 Å². The molecule has 1 N–H and O–H groups in total. The average molecular weight is 281 g/mol. The molecule has 0 aliphatic heterocycles. The van der Waals surface area contributed by atoms with Crippen molar-refractivity contribution in [3.05, 3.63) is 41.7 Å². The lowest BCUT2D eigenvalue weighted by atomic mass is 10.0. The molecule has 0 unspecified atom stereocenters. The fourth-order valence-corrected chi connectivity index (χ4v) is 2.58. The van der Waals surface area contributed by atoms with Gasteiger partial charge in [0.1, 0.15) is 11.6 Å². The van der Waals surface area contributed by atoms with Gasteiger partial charge in [-0.2, -0.15) is 0 Å². The maximum Gasteiger partial charge on any atom is 0.134 e. The molecule has 21 heavy (non-hydrogen) atoms. The molecule has 1 aliphatic carbocycles. The summed E-state index contributed by atoms with van der Waals surface area (Å²) in [6.07, 6.45) is 4.74. The predicted molar refractivity (Wildman–Crippen MR) is 87.6 cm³/mol. The van der Waals surface area contributed by atoms with Crippen molar-refractivity contribution >= 4 is 5.82 Å². The fraction of sp³-hybridized carbons (Fsp3) is 0.444. The zero-order chi connectivity index (χ0) is 14.7. The van der Waals surface area contributed by atoms with Crippen LogP contribution in [0.15, 0.2) is 30.3 Å². The van der Waals surface area contributed by atoms with Crippen molar-refractivity contribution < 1.29 is 0 Å². The van der Waals surface area contributed by atoms with Crippen molar-refractivity contribution in [1.82, 2.24) is 9.97 Å². The zero-order valence-electron chi connectivity index (χ0n) is 12.9. The Bertz CT molecular complexity index is 618. The highest BCUT2D eigenvalue weighted by atomic mass is 15.0. The number of anilines is 1. The first-order valence-electron chi connectivity index (χ1n) is 8.02. The molecule has 0 amide bonds. The van der Waals surface area contributed by atoms with Crippen LogP contribution in [0.25, 0.3) is 11.3 Å². The molecule has 3 nitrogen and oxygen atoms in total. The minimum Gasteiger partial charge on any atom is -0.370 e. The summed E-state index contributed by atoms with van der Waals surface area (Å²) in [5.74, 6) is 2.52. The number of hydrogen-bond donors (Lipinski definition) is 1. The molecule has 1 aromatic carbocycles. The van der Waals surface area contributed by atoms with E-state index in [1.54, 1.807) is 0 Å². The quantitative estimate of drug-likeness (QED) is 0.852. The molecule has 1 saturated carbocycles. The Morgan fingerprint density at radius 1 is 1.14 bits per heavy atom. The molecule has 0 bridgehead atoms. The summed E-state index contributed by atoms with van der Waals surface area (Å²) in [4.78, 5) is 9.45. The third-order valence-corrected chi connectivity index (χ3v) is 3.81. The molecule has 0 saturated heterocycles. The van der Waals surface area contributed by atoms with Gasteiger partial charge >= 0.3 is 0 Å². The Morgan fingerprint density at radius 2 is 2.00 bits per heavy atom. The van der Waals surface area contributed by atoms with Gasteiger partial charge in [0.05, 0.1) is 5.69 Å². The smallest absolute Gasteiger partial charge is 0.134 e. The number of benzene rings is 1. The molecule has 0 spiro atoms. The van der Waals surface area contributed by atoms with Crippen molar-refractivity contribution in [2.45, 2.75) is 45.4 Å². The minimum atomic E-state index is 0.571. The lowest BCUT2D eigenvalue weighted by Crippen LogP contribution is -2.04. The number of hydrogen-bond acceptors (Lipinski definition) is 3.